The van der Waals surface area contributed by atoms with Crippen molar-refractivity contribution in [3.63, 3.8) is 0 Å². The first-order valence-corrected chi connectivity index (χ1v) is 12.1. The van der Waals surface area contributed by atoms with Gasteiger partial charge in [-0.05, 0) is 83.9 Å². The Morgan fingerprint density at radius 1 is 1.43 bits per heavy atom. The highest BCUT2D eigenvalue weighted by Gasteiger charge is 2.56. The summed E-state index contributed by atoms with van der Waals surface area (Å²) >= 11 is 4.87. The van der Waals surface area contributed by atoms with E-state index in [1.165, 1.54) is 0 Å². The van der Waals surface area contributed by atoms with Crippen molar-refractivity contribution in [2.45, 2.75) is 70.1 Å². The Morgan fingerprint density at radius 3 is 2.61 bits per heavy atom. The lowest BCUT2D eigenvalue weighted by molar-refractivity contribution is -0.167. The standard InChI is InChI=1S/C16H27O4PS2/c1-4-15(2,19-3)14(17)20-10-7-12-5-8-16(9-6-12)11-13(16)21(18)23-22/h12-13H,4-11H2,1-3H3. The summed E-state index contributed by atoms with van der Waals surface area (Å²) in [6, 6.07) is 0. The van der Waals surface area contributed by atoms with Gasteiger partial charge in [0.1, 0.15) is 0 Å². The maximum Gasteiger partial charge on any atom is 0.338 e. The molecule has 3 atom stereocenters. The molecule has 4 nitrogen and oxygen atoms in total. The summed E-state index contributed by atoms with van der Waals surface area (Å²) in [5.41, 5.74) is -0.153. The summed E-state index contributed by atoms with van der Waals surface area (Å²) in [7, 11) is 2.66. The van der Waals surface area contributed by atoms with Crippen LogP contribution in [0.5, 0.6) is 0 Å². The van der Waals surface area contributed by atoms with Gasteiger partial charge < -0.3 is 9.47 Å². The van der Waals surface area contributed by atoms with E-state index in [1.54, 1.807) is 14.0 Å². The molecule has 23 heavy (non-hydrogen) atoms. The number of hydrogen-bond donors (Lipinski definition) is 0. The molecule has 2 saturated carbocycles. The van der Waals surface area contributed by atoms with Crippen LogP contribution < -0.4 is 0 Å². The third-order valence-electron chi connectivity index (χ3n) is 5.89. The third-order valence-corrected chi connectivity index (χ3v) is 9.80. The fourth-order valence-corrected chi connectivity index (χ4v) is 7.06. The van der Waals surface area contributed by atoms with Crippen molar-refractivity contribution < 1.29 is 18.8 Å². The van der Waals surface area contributed by atoms with E-state index in [1.807, 2.05) is 6.92 Å². The van der Waals surface area contributed by atoms with Gasteiger partial charge in [0.25, 0.3) is 0 Å². The first-order chi connectivity index (χ1) is 10.9. The van der Waals surface area contributed by atoms with Crippen LogP contribution in [0.15, 0.2) is 0 Å². The highest BCUT2D eigenvalue weighted by atomic mass is 32.9. The van der Waals surface area contributed by atoms with Gasteiger partial charge in [0.15, 0.2) is 12.2 Å². The summed E-state index contributed by atoms with van der Waals surface area (Å²) in [5, 5.41) is 0. The van der Waals surface area contributed by atoms with Crippen LogP contribution in [0.4, 0.5) is 0 Å². The van der Waals surface area contributed by atoms with Crippen molar-refractivity contribution in [3.8, 4) is 0 Å². The van der Waals surface area contributed by atoms with Crippen molar-refractivity contribution in [3.05, 3.63) is 0 Å². The number of esters is 1. The quantitative estimate of drug-likeness (QED) is 0.496. The molecular weight excluding hydrogens is 351 g/mol. The number of carbonyl (C=O) groups excluding carboxylic acids is 1. The molecule has 0 aliphatic heterocycles. The predicted octanol–water partition coefficient (Wildman–Crippen LogP) is 3.97. The van der Waals surface area contributed by atoms with E-state index in [0.717, 1.165) is 48.0 Å². The van der Waals surface area contributed by atoms with E-state index in [2.05, 4.69) is 0 Å². The molecule has 2 aliphatic rings. The third kappa shape index (κ3) is 4.33. The lowest BCUT2D eigenvalue weighted by Gasteiger charge is -2.29. The first kappa shape index (κ1) is 19.3. The Labute approximate surface area is 147 Å². The molecular formula is C16H27O4PS2. The van der Waals surface area contributed by atoms with Gasteiger partial charge in [-0.3, -0.25) is 4.57 Å². The topological polar surface area (TPSA) is 52.6 Å². The van der Waals surface area contributed by atoms with Crippen LogP contribution in [0.1, 0.15) is 58.8 Å². The molecule has 0 aromatic heterocycles. The van der Waals surface area contributed by atoms with Crippen molar-refractivity contribution in [1.29, 1.82) is 0 Å². The van der Waals surface area contributed by atoms with Crippen LogP contribution in [-0.2, 0) is 39.5 Å². The summed E-state index contributed by atoms with van der Waals surface area (Å²) in [6.07, 6.45) is 7.21. The molecule has 0 aromatic carbocycles. The van der Waals surface area contributed by atoms with Gasteiger partial charge in [0.05, 0.1) is 6.61 Å². The Hall–Kier alpha value is -0.0300. The SMILES string of the molecule is CCC(C)(OC)C(=O)OCCC1CCC2(CC1)CC2P(=O)=S=S. The second-order valence-corrected chi connectivity index (χ2v) is 11.3. The monoisotopic (exact) mass is 378 g/mol. The molecule has 2 fully saturated rings. The second-order valence-electron chi connectivity index (χ2n) is 7.10. The normalized spacial score (nSPS) is 32.9. The molecule has 132 valence electrons. The zero-order valence-electron chi connectivity index (χ0n) is 14.2. The van der Waals surface area contributed by atoms with Crippen molar-refractivity contribution >= 4 is 33.2 Å². The number of ether oxygens (including phenoxy) is 2. The maximum absolute atomic E-state index is 12.0. The predicted molar refractivity (Wildman–Crippen MR) is 96.4 cm³/mol. The van der Waals surface area contributed by atoms with Gasteiger partial charge in [-0.25, -0.2) is 4.79 Å². The first-order valence-electron chi connectivity index (χ1n) is 8.39. The molecule has 0 saturated heterocycles. The minimum Gasteiger partial charge on any atom is -0.464 e. The van der Waals surface area contributed by atoms with E-state index in [-0.39, 0.29) is 5.97 Å². The number of rotatable bonds is 7. The fraction of sp³-hybridized carbons (Fsp3) is 0.938. The summed E-state index contributed by atoms with van der Waals surface area (Å²) in [6.45, 7) is 2.91. The van der Waals surface area contributed by atoms with E-state index in [0.29, 0.717) is 30.0 Å². The molecule has 1 spiro atoms. The van der Waals surface area contributed by atoms with Crippen LogP contribution in [0.3, 0.4) is 0 Å². The van der Waals surface area contributed by atoms with Crippen LogP contribution >= 0.6 is 6.58 Å². The lowest BCUT2D eigenvalue weighted by Crippen LogP contribution is -2.38. The Kier molecular flexibility index (Phi) is 6.63. The number of carbonyl (C=O) groups is 1. The molecule has 0 heterocycles. The molecule has 2 rings (SSSR count). The maximum atomic E-state index is 12.0. The van der Waals surface area contributed by atoms with Crippen molar-refractivity contribution in [1.82, 2.24) is 0 Å². The molecule has 3 unspecified atom stereocenters. The van der Waals surface area contributed by atoms with Crippen LogP contribution in [0, 0.1) is 11.3 Å². The minimum atomic E-state index is -1.25. The second kappa shape index (κ2) is 7.90. The fourth-order valence-electron chi connectivity index (χ4n) is 3.60. The molecule has 7 heteroatoms. The van der Waals surface area contributed by atoms with E-state index < -0.39 is 12.2 Å². The van der Waals surface area contributed by atoms with Crippen LogP contribution in [0.25, 0.3) is 0 Å². The van der Waals surface area contributed by atoms with Crippen molar-refractivity contribution in [2.24, 2.45) is 11.3 Å². The average Bonchev–Trinajstić information content (AvgIpc) is 3.28. The van der Waals surface area contributed by atoms with Crippen LogP contribution in [0.2, 0.25) is 0 Å². The Morgan fingerprint density at radius 2 is 2.09 bits per heavy atom. The Bertz CT molecular complexity index is 540. The molecule has 0 N–H and O–H groups in total. The van der Waals surface area contributed by atoms with Crippen molar-refractivity contribution in [2.75, 3.05) is 13.7 Å². The number of methoxy groups -OCH3 is 1. The van der Waals surface area contributed by atoms with Gasteiger partial charge in [-0.2, -0.15) is 0 Å². The van der Waals surface area contributed by atoms with Crippen LogP contribution in [-0.4, -0.2) is 30.9 Å². The van der Waals surface area contributed by atoms with Gasteiger partial charge >= 0.3 is 5.97 Å². The highest BCUT2D eigenvalue weighted by Crippen LogP contribution is 2.64. The van der Waals surface area contributed by atoms with Gasteiger partial charge in [0.2, 0.25) is 0 Å². The molecule has 0 aromatic rings. The Balaban J connectivity index is 1.71. The molecule has 2 aliphatic carbocycles. The largest absolute Gasteiger partial charge is 0.464 e. The van der Waals surface area contributed by atoms with Gasteiger partial charge in [0, 0.05) is 12.8 Å². The van der Waals surface area contributed by atoms with Gasteiger partial charge in [-0.1, -0.05) is 6.92 Å². The van der Waals surface area contributed by atoms with E-state index >= 15 is 0 Å². The molecule has 0 radical (unpaired) electrons. The van der Waals surface area contributed by atoms with E-state index in [9.17, 15) is 9.36 Å². The smallest absolute Gasteiger partial charge is 0.338 e. The zero-order valence-corrected chi connectivity index (χ0v) is 16.7. The molecule has 0 bridgehead atoms. The summed E-state index contributed by atoms with van der Waals surface area (Å²) < 4.78 is 22.5. The summed E-state index contributed by atoms with van der Waals surface area (Å²) in [4.78, 5) is 12.0. The zero-order chi connectivity index (χ0) is 17.1. The van der Waals surface area contributed by atoms with Gasteiger partial charge in [-0.15, -0.1) is 0 Å². The average molecular weight is 378 g/mol. The lowest BCUT2D eigenvalue weighted by atomic mass is 9.78. The minimum absolute atomic E-state index is 0.267. The highest BCUT2D eigenvalue weighted by molar-refractivity contribution is 8.32. The number of hydrogen-bond acceptors (Lipinski definition) is 5. The summed E-state index contributed by atoms with van der Waals surface area (Å²) in [5.74, 6) is 0.343. The van der Waals surface area contributed by atoms with E-state index in [4.69, 9.17) is 20.7 Å². The molecule has 0 amide bonds.